The van der Waals surface area contributed by atoms with Crippen LogP contribution in [0.15, 0.2) is 40.4 Å². The Morgan fingerprint density at radius 3 is 2.48 bits per heavy atom. The average molecular weight is 429 g/mol. The molecule has 0 saturated heterocycles. The summed E-state index contributed by atoms with van der Waals surface area (Å²) < 4.78 is 21.9. The maximum atomic E-state index is 12.4. The Morgan fingerprint density at radius 2 is 1.74 bits per heavy atom. The summed E-state index contributed by atoms with van der Waals surface area (Å²) in [7, 11) is 0. The van der Waals surface area contributed by atoms with Crippen LogP contribution < -0.4 is 24.3 Å². The summed E-state index contributed by atoms with van der Waals surface area (Å²) in [6.07, 6.45) is 1.50. The molecular weight excluding hydrogens is 416 g/mol. The van der Waals surface area contributed by atoms with Crippen LogP contribution in [0, 0.1) is 11.3 Å². The zero-order valence-corrected chi connectivity index (χ0v) is 15.5. The van der Waals surface area contributed by atoms with Crippen LogP contribution in [0.1, 0.15) is 11.1 Å². The third-order valence-electron chi connectivity index (χ3n) is 4.05. The fraction of sp³-hybridized carbons (Fsp3) is 0.158. The van der Waals surface area contributed by atoms with Gasteiger partial charge in [0.1, 0.15) is 11.6 Å². The normalized spacial score (nSPS) is 14.0. The lowest BCUT2D eigenvalue weighted by atomic mass is 10.1. The fourth-order valence-corrected chi connectivity index (χ4v) is 3.11. The molecule has 1 N–H and O–H groups in total. The lowest BCUT2D eigenvalue weighted by molar-refractivity contribution is -0.117. The van der Waals surface area contributed by atoms with E-state index in [2.05, 4.69) is 21.2 Å². The molecule has 0 aliphatic carbocycles. The summed E-state index contributed by atoms with van der Waals surface area (Å²) in [5.41, 5.74) is 1.47. The first-order valence-electron chi connectivity index (χ1n) is 8.02. The highest BCUT2D eigenvalue weighted by molar-refractivity contribution is 9.10. The van der Waals surface area contributed by atoms with E-state index in [-0.39, 0.29) is 25.7 Å². The second-order valence-corrected chi connectivity index (χ2v) is 6.62. The highest BCUT2D eigenvalue weighted by Crippen LogP contribution is 2.37. The minimum atomic E-state index is -0.472. The Morgan fingerprint density at radius 1 is 1.07 bits per heavy atom. The molecule has 0 unspecified atom stereocenters. The SMILES string of the molecule is N#C/C(=C\c1cc2c(cc1Br)OCO2)C(=O)NCc1ccc2c(c1)OCO2. The lowest BCUT2D eigenvalue weighted by Gasteiger charge is -2.07. The van der Waals surface area contributed by atoms with Crippen LogP contribution in [-0.2, 0) is 11.3 Å². The molecule has 136 valence electrons. The van der Waals surface area contributed by atoms with Crippen LogP contribution in [0.3, 0.4) is 0 Å². The summed E-state index contributed by atoms with van der Waals surface area (Å²) in [5, 5.41) is 12.1. The van der Waals surface area contributed by atoms with Gasteiger partial charge in [0.2, 0.25) is 13.6 Å². The summed E-state index contributed by atoms with van der Waals surface area (Å²) >= 11 is 3.41. The van der Waals surface area contributed by atoms with E-state index in [1.807, 2.05) is 12.1 Å². The van der Waals surface area contributed by atoms with E-state index >= 15 is 0 Å². The van der Waals surface area contributed by atoms with Crippen molar-refractivity contribution in [3.05, 3.63) is 51.5 Å². The molecule has 0 saturated carbocycles. The molecule has 0 radical (unpaired) electrons. The van der Waals surface area contributed by atoms with Crippen LogP contribution in [-0.4, -0.2) is 19.5 Å². The maximum absolute atomic E-state index is 12.4. The fourth-order valence-electron chi connectivity index (χ4n) is 2.68. The zero-order valence-electron chi connectivity index (χ0n) is 14.0. The van der Waals surface area contributed by atoms with Gasteiger partial charge in [-0.05, 0) is 41.5 Å². The minimum absolute atomic E-state index is 0.0182. The number of nitrogens with zero attached hydrogens (tertiary/aromatic N) is 1. The Labute approximate surface area is 163 Å². The van der Waals surface area contributed by atoms with E-state index < -0.39 is 5.91 Å². The number of nitrogens with one attached hydrogen (secondary N) is 1. The summed E-state index contributed by atoms with van der Waals surface area (Å²) in [6.45, 7) is 0.601. The monoisotopic (exact) mass is 428 g/mol. The topological polar surface area (TPSA) is 89.8 Å². The standard InChI is InChI=1S/C19H13BrN2O5/c20-14-6-18-17(26-10-27-18)5-12(14)4-13(7-21)19(23)22-8-11-1-2-15-16(3-11)25-9-24-15/h1-6H,8-10H2,(H,22,23)/b13-4+. The van der Waals surface area contributed by atoms with E-state index in [4.69, 9.17) is 18.9 Å². The molecule has 2 aliphatic heterocycles. The molecule has 2 aromatic carbocycles. The van der Waals surface area contributed by atoms with Gasteiger partial charge in [-0.25, -0.2) is 0 Å². The van der Waals surface area contributed by atoms with Gasteiger partial charge in [0.15, 0.2) is 23.0 Å². The second kappa shape index (κ2) is 7.21. The van der Waals surface area contributed by atoms with Crippen molar-refractivity contribution in [2.24, 2.45) is 0 Å². The minimum Gasteiger partial charge on any atom is -0.454 e. The van der Waals surface area contributed by atoms with Crippen molar-refractivity contribution in [1.82, 2.24) is 5.32 Å². The van der Waals surface area contributed by atoms with Gasteiger partial charge in [-0.2, -0.15) is 5.26 Å². The molecule has 27 heavy (non-hydrogen) atoms. The van der Waals surface area contributed by atoms with E-state index in [9.17, 15) is 10.1 Å². The Hall–Kier alpha value is -3.18. The number of amides is 1. The molecule has 7 nitrogen and oxygen atoms in total. The molecule has 4 rings (SSSR count). The molecule has 2 heterocycles. The molecule has 0 aromatic heterocycles. The number of rotatable bonds is 4. The third-order valence-corrected chi connectivity index (χ3v) is 4.73. The molecule has 0 spiro atoms. The van der Waals surface area contributed by atoms with Crippen LogP contribution in [0.2, 0.25) is 0 Å². The highest BCUT2D eigenvalue weighted by atomic mass is 79.9. The van der Waals surface area contributed by atoms with Gasteiger partial charge in [0.05, 0.1) is 0 Å². The van der Waals surface area contributed by atoms with Crippen molar-refractivity contribution in [2.45, 2.75) is 6.54 Å². The van der Waals surface area contributed by atoms with E-state index in [0.29, 0.717) is 33.0 Å². The summed E-state index contributed by atoms with van der Waals surface area (Å²) in [6, 6.07) is 10.8. The number of ether oxygens (including phenoxy) is 4. The first-order chi connectivity index (χ1) is 13.1. The molecule has 1 amide bonds. The predicted molar refractivity (Wildman–Crippen MR) is 98.3 cm³/mol. The Kier molecular flexibility index (Phi) is 4.60. The predicted octanol–water partition coefficient (Wildman–Crippen LogP) is 3.13. The maximum Gasteiger partial charge on any atom is 0.262 e. The Bertz CT molecular complexity index is 996. The number of carbonyl (C=O) groups excluding carboxylic acids is 1. The molecule has 0 atom stereocenters. The lowest BCUT2D eigenvalue weighted by Crippen LogP contribution is -2.23. The number of carbonyl (C=O) groups is 1. The largest absolute Gasteiger partial charge is 0.454 e. The van der Waals surface area contributed by atoms with E-state index in [0.717, 1.165) is 5.56 Å². The van der Waals surface area contributed by atoms with Crippen molar-refractivity contribution in [3.63, 3.8) is 0 Å². The van der Waals surface area contributed by atoms with Crippen molar-refractivity contribution in [2.75, 3.05) is 13.6 Å². The first kappa shape index (κ1) is 17.2. The molecule has 2 aromatic rings. The zero-order chi connectivity index (χ0) is 18.8. The van der Waals surface area contributed by atoms with Gasteiger partial charge < -0.3 is 24.3 Å². The van der Waals surface area contributed by atoms with Crippen LogP contribution >= 0.6 is 15.9 Å². The quantitative estimate of drug-likeness (QED) is 0.594. The Balaban J connectivity index is 1.48. The number of nitriles is 1. The molecule has 0 bridgehead atoms. The number of halogens is 1. The summed E-state index contributed by atoms with van der Waals surface area (Å²) in [5.74, 6) is 2.03. The average Bonchev–Trinajstić information content (AvgIpc) is 3.32. The van der Waals surface area contributed by atoms with Gasteiger partial charge in [-0.1, -0.05) is 22.0 Å². The first-order valence-corrected chi connectivity index (χ1v) is 8.81. The number of benzene rings is 2. The van der Waals surface area contributed by atoms with E-state index in [1.54, 1.807) is 24.3 Å². The molecule has 0 fully saturated rings. The van der Waals surface area contributed by atoms with Crippen molar-refractivity contribution >= 4 is 27.9 Å². The van der Waals surface area contributed by atoms with Gasteiger partial charge in [-0.3, -0.25) is 4.79 Å². The van der Waals surface area contributed by atoms with Crippen LogP contribution in [0.4, 0.5) is 0 Å². The van der Waals surface area contributed by atoms with Gasteiger partial charge in [0, 0.05) is 11.0 Å². The van der Waals surface area contributed by atoms with Crippen LogP contribution in [0.5, 0.6) is 23.0 Å². The van der Waals surface area contributed by atoms with Gasteiger partial charge >= 0.3 is 0 Å². The molecule has 2 aliphatic rings. The number of fused-ring (bicyclic) bond motifs is 2. The third kappa shape index (κ3) is 3.55. The highest BCUT2D eigenvalue weighted by Gasteiger charge is 2.18. The smallest absolute Gasteiger partial charge is 0.262 e. The molecular formula is C19H13BrN2O5. The number of hydrogen-bond acceptors (Lipinski definition) is 6. The number of hydrogen-bond donors (Lipinski definition) is 1. The van der Waals surface area contributed by atoms with Gasteiger partial charge in [-0.15, -0.1) is 0 Å². The van der Waals surface area contributed by atoms with Crippen LogP contribution in [0.25, 0.3) is 6.08 Å². The molecule has 8 heteroatoms. The summed E-state index contributed by atoms with van der Waals surface area (Å²) in [4.78, 5) is 12.4. The van der Waals surface area contributed by atoms with Crippen molar-refractivity contribution in [1.29, 1.82) is 5.26 Å². The van der Waals surface area contributed by atoms with E-state index in [1.165, 1.54) is 6.08 Å². The van der Waals surface area contributed by atoms with Gasteiger partial charge in [0.25, 0.3) is 5.91 Å². The second-order valence-electron chi connectivity index (χ2n) is 5.77. The van der Waals surface area contributed by atoms with Crippen molar-refractivity contribution in [3.8, 4) is 29.1 Å². The van der Waals surface area contributed by atoms with Crippen molar-refractivity contribution < 1.29 is 23.7 Å².